The van der Waals surface area contributed by atoms with Crippen LogP contribution in [0.3, 0.4) is 0 Å². The molecule has 1 rings (SSSR count). The largest absolute Gasteiger partial charge is 0.479 e. The summed E-state index contributed by atoms with van der Waals surface area (Å²) in [5, 5.41) is 19.0. The molecule has 0 radical (unpaired) electrons. The van der Waals surface area contributed by atoms with Crippen LogP contribution in [0.2, 0.25) is 0 Å². The molecule has 0 bridgehead atoms. The van der Waals surface area contributed by atoms with E-state index in [9.17, 15) is 4.79 Å². The summed E-state index contributed by atoms with van der Waals surface area (Å²) < 4.78 is -1.46. The molecule has 1 N–H and O–H groups in total. The lowest BCUT2D eigenvalue weighted by molar-refractivity contribution is -0.136. The van der Waals surface area contributed by atoms with Crippen LogP contribution in [0, 0.1) is 22.5 Å². The molecule has 0 aromatic heterocycles. The number of nitriles is 1. The van der Waals surface area contributed by atoms with Crippen LogP contribution in [0.5, 0.6) is 0 Å². The predicted molar refractivity (Wildman–Crippen MR) is 31.3 cm³/mol. The van der Waals surface area contributed by atoms with Crippen molar-refractivity contribution >= 4 is 17.7 Å². The second kappa shape index (κ2) is 1.68. The third-order valence-corrected chi connectivity index (χ3v) is 1.77. The minimum Gasteiger partial charge on any atom is -0.479 e. The number of carboxylic acid groups (broad SMARTS) is 1. The number of hydrogen-bond donors (Lipinski definition) is 1. The molecule has 1 atom stereocenters. The van der Waals surface area contributed by atoms with Crippen LogP contribution in [0.1, 0.15) is 0 Å². The quantitative estimate of drug-likeness (QED) is 0.521. The molecule has 1 heterocycles. The average Bonchev–Trinajstić information content (AvgIpc) is 1.62. The van der Waals surface area contributed by atoms with E-state index in [-0.39, 0.29) is 0 Å². The van der Waals surface area contributed by atoms with Crippen molar-refractivity contribution in [1.82, 2.24) is 0 Å². The number of carbonyl (C=O) groups is 1. The molecule has 3 nitrogen and oxygen atoms in total. The van der Waals surface area contributed by atoms with Crippen LogP contribution in [-0.4, -0.2) is 15.8 Å². The van der Waals surface area contributed by atoms with Crippen LogP contribution in [0.25, 0.3) is 0 Å². The molecule has 0 spiro atoms. The lowest BCUT2D eigenvalue weighted by Crippen LogP contribution is -2.34. The van der Waals surface area contributed by atoms with Gasteiger partial charge in [0.05, 0.1) is 0 Å². The maximum Gasteiger partial charge on any atom is 0.348 e. The number of thioether (sulfide) groups is 1. The molecule has 9 heavy (non-hydrogen) atoms. The van der Waals surface area contributed by atoms with E-state index in [0.717, 1.165) is 11.8 Å². The van der Waals surface area contributed by atoms with Crippen molar-refractivity contribution in [2.24, 2.45) is 0 Å². The van der Waals surface area contributed by atoms with Crippen molar-refractivity contribution < 1.29 is 9.90 Å². The lowest BCUT2D eigenvalue weighted by Gasteiger charge is -2.14. The molecule has 4 heteroatoms. The molecule has 0 saturated carbocycles. The fraction of sp³-hybridized carbons (Fsp3) is 0.200. The van der Waals surface area contributed by atoms with Crippen molar-refractivity contribution in [1.29, 1.82) is 5.26 Å². The fourth-order valence-electron chi connectivity index (χ4n) is 0.349. The summed E-state index contributed by atoms with van der Waals surface area (Å²) in [7, 11) is 0. The van der Waals surface area contributed by atoms with E-state index >= 15 is 0 Å². The Morgan fingerprint density at radius 1 is 1.89 bits per heavy atom. The molecule has 0 fully saturated rings. The summed E-state index contributed by atoms with van der Waals surface area (Å²) in [5.41, 5.74) is 0. The van der Waals surface area contributed by atoms with Gasteiger partial charge in [0.2, 0.25) is 0 Å². The SMILES string of the molecule is N#CC1(C(=O)O)C#CS1. The van der Waals surface area contributed by atoms with Gasteiger partial charge in [-0.25, -0.2) is 4.79 Å². The summed E-state index contributed by atoms with van der Waals surface area (Å²) in [6.07, 6.45) is 0. The first kappa shape index (κ1) is 6.00. The summed E-state index contributed by atoms with van der Waals surface area (Å²) in [6.45, 7) is 0. The molecule has 0 amide bonds. The highest BCUT2D eigenvalue weighted by molar-refractivity contribution is 8.07. The highest BCUT2D eigenvalue weighted by Crippen LogP contribution is 2.30. The van der Waals surface area contributed by atoms with Crippen molar-refractivity contribution in [3.8, 4) is 17.2 Å². The van der Waals surface area contributed by atoms with E-state index in [1.807, 2.05) is 0 Å². The van der Waals surface area contributed by atoms with Crippen molar-refractivity contribution in [3.05, 3.63) is 0 Å². The first-order valence-corrected chi connectivity index (χ1v) is 2.88. The Bertz CT molecular complexity index is 256. The molecule has 0 aromatic carbocycles. The highest BCUT2D eigenvalue weighted by atomic mass is 32.2. The van der Waals surface area contributed by atoms with Crippen LogP contribution in [-0.2, 0) is 4.79 Å². The number of hydrogen-bond acceptors (Lipinski definition) is 3. The zero-order valence-corrected chi connectivity index (χ0v) is 5.03. The van der Waals surface area contributed by atoms with Crippen LogP contribution < -0.4 is 0 Å². The van der Waals surface area contributed by atoms with E-state index in [0.29, 0.717) is 0 Å². The Kier molecular flexibility index (Phi) is 1.12. The second-order valence-electron chi connectivity index (χ2n) is 1.43. The number of aliphatic carboxylic acids is 1. The van der Waals surface area contributed by atoms with E-state index in [2.05, 4.69) is 11.2 Å². The van der Waals surface area contributed by atoms with Gasteiger partial charge in [-0.05, 0) is 22.9 Å². The molecular weight excluding hydrogens is 138 g/mol. The topological polar surface area (TPSA) is 61.1 Å². The Morgan fingerprint density at radius 3 is 2.44 bits per heavy atom. The van der Waals surface area contributed by atoms with E-state index < -0.39 is 10.7 Å². The Labute approximate surface area is 55.7 Å². The van der Waals surface area contributed by atoms with Gasteiger partial charge in [0.1, 0.15) is 6.07 Å². The Hall–Kier alpha value is -1.13. The van der Waals surface area contributed by atoms with E-state index in [1.165, 1.54) is 0 Å². The van der Waals surface area contributed by atoms with Gasteiger partial charge >= 0.3 is 5.97 Å². The Morgan fingerprint density at radius 2 is 2.44 bits per heavy atom. The van der Waals surface area contributed by atoms with Crippen molar-refractivity contribution in [3.63, 3.8) is 0 Å². The summed E-state index contributed by atoms with van der Waals surface area (Å²) in [5.74, 6) is 1.09. The number of carboxylic acids is 1. The minimum absolute atomic E-state index is 0.839. The lowest BCUT2D eigenvalue weighted by atomic mass is 10.2. The Balaban J connectivity index is 2.92. The van der Waals surface area contributed by atoms with Gasteiger partial charge < -0.3 is 5.11 Å². The van der Waals surface area contributed by atoms with Crippen LogP contribution in [0.4, 0.5) is 0 Å². The third-order valence-electron chi connectivity index (χ3n) is 0.890. The van der Waals surface area contributed by atoms with Gasteiger partial charge in [-0.3, -0.25) is 0 Å². The van der Waals surface area contributed by atoms with Gasteiger partial charge in [-0.2, -0.15) is 5.26 Å². The monoisotopic (exact) mass is 139 g/mol. The van der Waals surface area contributed by atoms with Gasteiger partial charge in [0.15, 0.2) is 0 Å². The maximum absolute atomic E-state index is 10.2. The minimum atomic E-state index is -1.46. The fourth-order valence-corrected chi connectivity index (χ4v) is 0.788. The van der Waals surface area contributed by atoms with Gasteiger partial charge in [-0.1, -0.05) is 0 Å². The van der Waals surface area contributed by atoms with Crippen molar-refractivity contribution in [2.75, 3.05) is 0 Å². The smallest absolute Gasteiger partial charge is 0.348 e. The maximum atomic E-state index is 10.2. The van der Waals surface area contributed by atoms with E-state index in [1.54, 1.807) is 6.07 Å². The normalized spacial score (nSPS) is 28.8. The standard InChI is InChI=1S/C5HNO2S/c6-3-5(4(7)8)1-2-9-5/h(H,7,8). The average molecular weight is 139 g/mol. The number of rotatable bonds is 1. The molecule has 44 valence electrons. The molecule has 1 aliphatic heterocycles. The van der Waals surface area contributed by atoms with Gasteiger partial charge in [0.25, 0.3) is 4.75 Å². The molecular formula is C5HNO2S. The zero-order chi connectivity index (χ0) is 6.91. The van der Waals surface area contributed by atoms with Gasteiger partial charge in [-0.15, -0.1) is 0 Å². The summed E-state index contributed by atoms with van der Waals surface area (Å²) in [6, 6.07) is 1.60. The first-order chi connectivity index (χ1) is 4.21. The summed E-state index contributed by atoms with van der Waals surface area (Å²) >= 11 is 0.839. The highest BCUT2D eigenvalue weighted by Gasteiger charge is 2.42. The van der Waals surface area contributed by atoms with Crippen LogP contribution >= 0.6 is 11.8 Å². The first-order valence-electron chi connectivity index (χ1n) is 2.06. The van der Waals surface area contributed by atoms with Crippen LogP contribution in [0.15, 0.2) is 0 Å². The van der Waals surface area contributed by atoms with Gasteiger partial charge in [0, 0.05) is 0 Å². The predicted octanol–water partition coefficient (Wildman–Crippen LogP) is 0.0411. The third kappa shape index (κ3) is 0.647. The number of nitrogens with zero attached hydrogens (tertiary/aromatic N) is 1. The van der Waals surface area contributed by atoms with E-state index in [4.69, 9.17) is 10.4 Å². The molecule has 1 unspecified atom stereocenters. The molecule has 0 aliphatic carbocycles. The van der Waals surface area contributed by atoms with Crippen molar-refractivity contribution in [2.45, 2.75) is 4.75 Å². The molecule has 0 aromatic rings. The molecule has 0 saturated heterocycles. The molecule has 1 aliphatic rings. The summed E-state index contributed by atoms with van der Waals surface area (Å²) in [4.78, 5) is 10.2. The zero-order valence-electron chi connectivity index (χ0n) is 4.21. The second-order valence-corrected chi connectivity index (χ2v) is 2.45.